The van der Waals surface area contributed by atoms with Gasteiger partial charge in [0.25, 0.3) is 0 Å². The molecule has 0 spiro atoms. The third-order valence-corrected chi connectivity index (χ3v) is 4.31. The van der Waals surface area contributed by atoms with Crippen LogP contribution in [0, 0.1) is 11.6 Å². The van der Waals surface area contributed by atoms with Crippen molar-refractivity contribution in [1.29, 1.82) is 0 Å². The number of hydrogen-bond donors (Lipinski definition) is 0. The Morgan fingerprint density at radius 2 is 1.83 bits per heavy atom. The maximum atomic E-state index is 14.4. The van der Waals surface area contributed by atoms with Crippen LogP contribution in [-0.2, 0) is 0 Å². The number of halogens is 2. The first-order valence-electron chi connectivity index (χ1n) is 7.52. The normalized spacial score (nSPS) is 14.9. The van der Waals surface area contributed by atoms with Crippen LogP contribution in [-0.4, -0.2) is 19.1 Å². The molecule has 1 aliphatic carbocycles. The minimum atomic E-state index is -0.846. The molecule has 0 saturated heterocycles. The highest BCUT2D eigenvalue weighted by Gasteiger charge is 2.31. The highest BCUT2D eigenvalue weighted by atomic mass is 19.2. The van der Waals surface area contributed by atoms with Crippen molar-refractivity contribution in [3.63, 3.8) is 0 Å². The summed E-state index contributed by atoms with van der Waals surface area (Å²) in [6.45, 7) is 0. The Bertz CT molecular complexity index is 1060. The molecule has 0 N–H and O–H groups in total. The zero-order valence-electron chi connectivity index (χ0n) is 12.1. The van der Waals surface area contributed by atoms with Gasteiger partial charge in [-0.1, -0.05) is 12.1 Å². The fourth-order valence-corrected chi connectivity index (χ4v) is 3.08. The molecule has 2 heterocycles. The Hall–Kier alpha value is -2.76. The largest absolute Gasteiger partial charge is 0.304 e. The van der Waals surface area contributed by atoms with Gasteiger partial charge in [0, 0.05) is 6.04 Å². The first kappa shape index (κ1) is 12.8. The Morgan fingerprint density at radius 3 is 2.65 bits per heavy atom. The fourth-order valence-electron chi connectivity index (χ4n) is 3.08. The monoisotopic (exact) mass is 310 g/mol. The Kier molecular flexibility index (Phi) is 2.43. The second-order valence-corrected chi connectivity index (χ2v) is 5.85. The summed E-state index contributed by atoms with van der Waals surface area (Å²) in [5.41, 5.74) is 2.43. The van der Waals surface area contributed by atoms with Crippen LogP contribution < -0.4 is 0 Å². The molecule has 4 nitrogen and oxygen atoms in total. The van der Waals surface area contributed by atoms with Crippen LogP contribution in [0.2, 0.25) is 0 Å². The predicted molar refractivity (Wildman–Crippen MR) is 82.5 cm³/mol. The van der Waals surface area contributed by atoms with Crippen LogP contribution in [0.1, 0.15) is 18.9 Å². The van der Waals surface area contributed by atoms with Gasteiger partial charge in [0.15, 0.2) is 11.6 Å². The van der Waals surface area contributed by atoms with Crippen molar-refractivity contribution in [3.05, 3.63) is 54.4 Å². The third-order valence-electron chi connectivity index (χ3n) is 4.31. The minimum absolute atomic E-state index is 0.160. The summed E-state index contributed by atoms with van der Waals surface area (Å²) in [5.74, 6) is -1.10. The minimum Gasteiger partial charge on any atom is -0.304 e. The van der Waals surface area contributed by atoms with E-state index in [0.717, 1.165) is 29.9 Å². The van der Waals surface area contributed by atoms with Gasteiger partial charge in [0.05, 0.1) is 16.6 Å². The molecule has 0 amide bonds. The molecule has 23 heavy (non-hydrogen) atoms. The molecule has 1 saturated carbocycles. The molecule has 2 aromatic carbocycles. The van der Waals surface area contributed by atoms with Crippen LogP contribution in [0.5, 0.6) is 0 Å². The second-order valence-electron chi connectivity index (χ2n) is 5.85. The van der Waals surface area contributed by atoms with E-state index in [0.29, 0.717) is 11.5 Å². The first-order valence-corrected chi connectivity index (χ1v) is 7.52. The molecule has 4 aromatic rings. The van der Waals surface area contributed by atoms with Crippen LogP contribution in [0.3, 0.4) is 0 Å². The molecule has 114 valence electrons. The van der Waals surface area contributed by atoms with E-state index in [1.165, 1.54) is 6.07 Å². The molecular weight excluding hydrogens is 298 g/mol. The SMILES string of the molecule is Fc1ccc2nc(-n3cnc4ccccc43)n(C3CC3)c2c1F. The summed E-state index contributed by atoms with van der Waals surface area (Å²) in [4.78, 5) is 8.92. The second kappa shape index (κ2) is 4.38. The fraction of sp³-hybridized carbons (Fsp3) is 0.176. The summed E-state index contributed by atoms with van der Waals surface area (Å²) in [6.07, 6.45) is 3.57. The highest BCUT2D eigenvalue weighted by Crippen LogP contribution is 2.41. The lowest BCUT2D eigenvalue weighted by Gasteiger charge is -2.09. The lowest BCUT2D eigenvalue weighted by molar-refractivity contribution is 0.511. The Labute approximate surface area is 130 Å². The predicted octanol–water partition coefficient (Wildman–Crippen LogP) is 3.99. The van der Waals surface area contributed by atoms with E-state index in [-0.39, 0.29) is 11.6 Å². The lowest BCUT2D eigenvalue weighted by atomic mass is 10.3. The first-order chi connectivity index (χ1) is 11.2. The third kappa shape index (κ3) is 1.75. The van der Waals surface area contributed by atoms with Crippen molar-refractivity contribution >= 4 is 22.1 Å². The summed E-state index contributed by atoms with van der Waals surface area (Å²) in [5, 5.41) is 0. The van der Waals surface area contributed by atoms with Crippen molar-refractivity contribution in [2.75, 3.05) is 0 Å². The van der Waals surface area contributed by atoms with Gasteiger partial charge in [-0.3, -0.25) is 4.57 Å². The molecule has 0 aliphatic heterocycles. The van der Waals surface area contributed by atoms with Gasteiger partial charge < -0.3 is 4.57 Å². The van der Waals surface area contributed by atoms with Gasteiger partial charge >= 0.3 is 0 Å². The number of hydrogen-bond acceptors (Lipinski definition) is 2. The molecular formula is C17H12F2N4. The molecule has 0 radical (unpaired) electrons. The summed E-state index contributed by atoms with van der Waals surface area (Å²) in [7, 11) is 0. The van der Waals surface area contributed by atoms with Crippen molar-refractivity contribution in [2.24, 2.45) is 0 Å². The zero-order valence-corrected chi connectivity index (χ0v) is 12.1. The van der Waals surface area contributed by atoms with Crippen molar-refractivity contribution < 1.29 is 8.78 Å². The Balaban J connectivity index is 1.88. The average molecular weight is 310 g/mol. The summed E-state index contributed by atoms with van der Waals surface area (Å²) in [6, 6.07) is 10.5. The number of imidazole rings is 2. The van der Waals surface area contributed by atoms with E-state index in [1.807, 2.05) is 33.4 Å². The molecule has 1 fully saturated rings. The van der Waals surface area contributed by atoms with Gasteiger partial charge in [0.1, 0.15) is 11.8 Å². The van der Waals surface area contributed by atoms with Gasteiger partial charge in [-0.15, -0.1) is 0 Å². The lowest BCUT2D eigenvalue weighted by Crippen LogP contribution is -2.05. The van der Waals surface area contributed by atoms with Crippen molar-refractivity contribution in [3.8, 4) is 5.95 Å². The molecule has 2 aromatic heterocycles. The molecule has 1 aliphatic rings. The Morgan fingerprint density at radius 1 is 1.00 bits per heavy atom. The van der Waals surface area contributed by atoms with Crippen molar-refractivity contribution in [1.82, 2.24) is 19.1 Å². The van der Waals surface area contributed by atoms with Gasteiger partial charge in [-0.05, 0) is 37.1 Å². The van der Waals surface area contributed by atoms with E-state index in [2.05, 4.69) is 9.97 Å². The van der Waals surface area contributed by atoms with Gasteiger partial charge in [-0.2, -0.15) is 0 Å². The van der Waals surface area contributed by atoms with Crippen molar-refractivity contribution in [2.45, 2.75) is 18.9 Å². The number of benzene rings is 2. The molecule has 0 bridgehead atoms. The smallest absolute Gasteiger partial charge is 0.217 e. The van der Waals surface area contributed by atoms with E-state index in [4.69, 9.17) is 0 Å². The molecule has 0 atom stereocenters. The number of aromatic nitrogens is 4. The van der Waals surface area contributed by atoms with Crippen LogP contribution in [0.25, 0.3) is 28.0 Å². The van der Waals surface area contributed by atoms with Crippen LogP contribution >= 0.6 is 0 Å². The number of nitrogens with zero attached hydrogens (tertiary/aromatic N) is 4. The van der Waals surface area contributed by atoms with Gasteiger partial charge in [0.2, 0.25) is 5.95 Å². The molecule has 5 rings (SSSR count). The summed E-state index contributed by atoms with van der Waals surface area (Å²) < 4.78 is 31.7. The van der Waals surface area contributed by atoms with E-state index in [1.54, 1.807) is 6.33 Å². The van der Waals surface area contributed by atoms with Crippen LogP contribution in [0.15, 0.2) is 42.7 Å². The number of rotatable bonds is 2. The molecule has 6 heteroatoms. The standard InChI is InChI=1S/C17H12F2N4/c18-11-7-8-13-16(15(11)19)23(10-5-6-10)17(21-13)22-9-20-12-3-1-2-4-14(12)22/h1-4,7-10H,5-6H2. The quantitative estimate of drug-likeness (QED) is 0.561. The topological polar surface area (TPSA) is 35.6 Å². The summed E-state index contributed by atoms with van der Waals surface area (Å²) >= 11 is 0. The maximum Gasteiger partial charge on any atom is 0.217 e. The molecule has 0 unspecified atom stereocenters. The highest BCUT2D eigenvalue weighted by molar-refractivity contribution is 5.81. The number of para-hydroxylation sites is 2. The average Bonchev–Trinajstić information content (AvgIpc) is 3.19. The van der Waals surface area contributed by atoms with Gasteiger partial charge in [-0.25, -0.2) is 18.7 Å². The zero-order chi connectivity index (χ0) is 15.6. The maximum absolute atomic E-state index is 14.4. The number of fused-ring (bicyclic) bond motifs is 2. The van der Waals surface area contributed by atoms with E-state index < -0.39 is 11.6 Å². The van der Waals surface area contributed by atoms with E-state index in [9.17, 15) is 8.78 Å². The van der Waals surface area contributed by atoms with E-state index >= 15 is 0 Å². The van der Waals surface area contributed by atoms with Crippen LogP contribution in [0.4, 0.5) is 8.78 Å².